The molecule has 0 aliphatic rings. The number of hydrogen-bond acceptors (Lipinski definition) is 5. The predicted molar refractivity (Wildman–Crippen MR) is 56.9 cm³/mol. The van der Waals surface area contributed by atoms with Crippen LogP contribution in [0, 0.1) is 0 Å². The van der Waals surface area contributed by atoms with Gasteiger partial charge in [-0.15, -0.1) is 0 Å². The highest BCUT2D eigenvalue weighted by molar-refractivity contribution is 5.52. The molecule has 5 heteroatoms. The number of carbonyl (C=O) groups is 1. The van der Waals surface area contributed by atoms with Crippen LogP contribution < -0.4 is 9.47 Å². The van der Waals surface area contributed by atoms with E-state index in [9.17, 15) is 9.90 Å². The minimum Gasteiger partial charge on any atom is -0.502 e. The maximum atomic E-state index is 9.98. The molecule has 0 aliphatic carbocycles. The Morgan fingerprint density at radius 2 is 1.81 bits per heavy atom. The topological polar surface area (TPSA) is 65.0 Å². The molecule has 1 rings (SSSR count). The fourth-order valence-corrected chi connectivity index (χ4v) is 1.32. The van der Waals surface area contributed by atoms with Gasteiger partial charge in [-0.3, -0.25) is 4.79 Å². The number of benzene rings is 1. The van der Waals surface area contributed by atoms with Gasteiger partial charge in [-0.1, -0.05) is 0 Å². The van der Waals surface area contributed by atoms with E-state index in [1.54, 1.807) is 12.1 Å². The van der Waals surface area contributed by atoms with Crippen LogP contribution in [0.4, 0.5) is 0 Å². The first-order chi connectivity index (χ1) is 7.72. The second-order valence-electron chi connectivity index (χ2n) is 3.07. The molecule has 1 aromatic rings. The first kappa shape index (κ1) is 12.2. The van der Waals surface area contributed by atoms with Crippen LogP contribution in [0.1, 0.15) is 5.56 Å². The molecule has 0 saturated heterocycles. The monoisotopic (exact) mass is 226 g/mol. The van der Waals surface area contributed by atoms with Crippen molar-refractivity contribution in [3.63, 3.8) is 0 Å². The van der Waals surface area contributed by atoms with Gasteiger partial charge in [0.05, 0.1) is 20.8 Å². The van der Waals surface area contributed by atoms with Crippen molar-refractivity contribution in [3.05, 3.63) is 17.7 Å². The summed E-state index contributed by atoms with van der Waals surface area (Å²) in [6.45, 7) is 0.676. The second-order valence-corrected chi connectivity index (χ2v) is 3.07. The van der Waals surface area contributed by atoms with E-state index in [0.29, 0.717) is 24.4 Å². The zero-order chi connectivity index (χ0) is 12.0. The Morgan fingerprint density at radius 3 is 2.25 bits per heavy atom. The largest absolute Gasteiger partial charge is 0.502 e. The standard InChI is InChI=1S/C11H14O5/c1-14-9-5-8(3-4-16-7-12)6-10(15-2)11(9)13/h5-7,13H,3-4H2,1-2H3. The Morgan fingerprint density at radius 1 is 1.25 bits per heavy atom. The molecule has 0 bridgehead atoms. The van der Waals surface area contributed by atoms with E-state index < -0.39 is 0 Å². The number of hydrogen-bond donors (Lipinski definition) is 1. The highest BCUT2D eigenvalue weighted by Gasteiger charge is 2.10. The molecule has 5 nitrogen and oxygen atoms in total. The summed E-state index contributed by atoms with van der Waals surface area (Å²) in [4.78, 5) is 9.98. The Kier molecular flexibility index (Phi) is 4.44. The van der Waals surface area contributed by atoms with Crippen LogP contribution in [0.2, 0.25) is 0 Å². The van der Waals surface area contributed by atoms with Crippen molar-refractivity contribution >= 4 is 6.47 Å². The van der Waals surface area contributed by atoms with Gasteiger partial charge < -0.3 is 19.3 Å². The lowest BCUT2D eigenvalue weighted by Gasteiger charge is -2.10. The quantitative estimate of drug-likeness (QED) is 0.581. The highest BCUT2D eigenvalue weighted by Crippen LogP contribution is 2.37. The van der Waals surface area contributed by atoms with Gasteiger partial charge in [0.2, 0.25) is 5.75 Å². The maximum Gasteiger partial charge on any atom is 0.293 e. The Balaban J connectivity index is 2.88. The van der Waals surface area contributed by atoms with E-state index in [0.717, 1.165) is 5.56 Å². The maximum absolute atomic E-state index is 9.98. The summed E-state index contributed by atoms with van der Waals surface area (Å²) in [6, 6.07) is 3.35. The van der Waals surface area contributed by atoms with Gasteiger partial charge in [0.1, 0.15) is 0 Å². The smallest absolute Gasteiger partial charge is 0.293 e. The lowest BCUT2D eigenvalue weighted by molar-refractivity contribution is -0.128. The third kappa shape index (κ3) is 2.79. The number of phenolic OH excluding ortho intramolecular Hbond substituents is 1. The molecule has 0 spiro atoms. The molecule has 0 heterocycles. The third-order valence-corrected chi connectivity index (χ3v) is 2.12. The molecule has 0 saturated carbocycles. The predicted octanol–water partition coefficient (Wildman–Crippen LogP) is 1.12. The van der Waals surface area contributed by atoms with Gasteiger partial charge in [0, 0.05) is 6.42 Å². The van der Waals surface area contributed by atoms with E-state index in [-0.39, 0.29) is 12.4 Å². The van der Waals surface area contributed by atoms with Gasteiger partial charge >= 0.3 is 0 Å². The summed E-state index contributed by atoms with van der Waals surface area (Å²) in [5, 5.41) is 9.65. The zero-order valence-electron chi connectivity index (χ0n) is 9.23. The van der Waals surface area contributed by atoms with Crippen molar-refractivity contribution in [1.29, 1.82) is 0 Å². The van der Waals surface area contributed by atoms with Crippen LogP contribution in [0.3, 0.4) is 0 Å². The Hall–Kier alpha value is -1.91. The number of ether oxygens (including phenoxy) is 3. The molecule has 0 atom stereocenters. The molecule has 0 amide bonds. The lowest BCUT2D eigenvalue weighted by atomic mass is 10.1. The van der Waals surface area contributed by atoms with Crippen LogP contribution >= 0.6 is 0 Å². The van der Waals surface area contributed by atoms with Crippen molar-refractivity contribution in [3.8, 4) is 17.2 Å². The molecule has 0 fully saturated rings. The number of carbonyl (C=O) groups excluding carboxylic acids is 1. The fraction of sp³-hybridized carbons (Fsp3) is 0.364. The fourth-order valence-electron chi connectivity index (χ4n) is 1.32. The summed E-state index contributed by atoms with van der Waals surface area (Å²) in [5.41, 5.74) is 0.855. The molecule has 88 valence electrons. The normalized spacial score (nSPS) is 9.62. The number of rotatable bonds is 6. The summed E-state index contributed by atoms with van der Waals surface area (Å²) >= 11 is 0. The highest BCUT2D eigenvalue weighted by atomic mass is 16.5. The zero-order valence-corrected chi connectivity index (χ0v) is 9.23. The molecule has 0 unspecified atom stereocenters. The summed E-state index contributed by atoms with van der Waals surface area (Å²) in [7, 11) is 2.92. The second kappa shape index (κ2) is 5.85. The van der Waals surface area contributed by atoms with Crippen molar-refractivity contribution in [1.82, 2.24) is 0 Å². The molecule has 16 heavy (non-hydrogen) atoms. The molecule has 0 aliphatic heterocycles. The van der Waals surface area contributed by atoms with E-state index in [1.807, 2.05) is 0 Å². The minimum absolute atomic E-state index is 0.0370. The van der Waals surface area contributed by atoms with Crippen molar-refractivity contribution in [2.24, 2.45) is 0 Å². The van der Waals surface area contributed by atoms with Crippen molar-refractivity contribution in [2.75, 3.05) is 20.8 Å². The van der Waals surface area contributed by atoms with Gasteiger partial charge in [-0.2, -0.15) is 0 Å². The Bertz CT molecular complexity index is 336. The SMILES string of the molecule is COc1cc(CCOC=O)cc(OC)c1O. The number of aromatic hydroxyl groups is 1. The Labute approximate surface area is 93.6 Å². The van der Waals surface area contributed by atoms with Crippen LogP contribution in [0.15, 0.2) is 12.1 Å². The molecule has 1 aromatic carbocycles. The van der Waals surface area contributed by atoms with Crippen LogP contribution in [-0.2, 0) is 16.0 Å². The van der Waals surface area contributed by atoms with Crippen LogP contribution in [0.25, 0.3) is 0 Å². The van der Waals surface area contributed by atoms with Gasteiger partial charge in [0.25, 0.3) is 6.47 Å². The van der Waals surface area contributed by atoms with E-state index in [2.05, 4.69) is 4.74 Å². The third-order valence-electron chi connectivity index (χ3n) is 2.12. The average molecular weight is 226 g/mol. The summed E-state index contributed by atoms with van der Waals surface area (Å²) in [6.07, 6.45) is 0.533. The molecule has 0 aromatic heterocycles. The van der Waals surface area contributed by atoms with Gasteiger partial charge in [-0.05, 0) is 17.7 Å². The molecule has 0 radical (unpaired) electrons. The van der Waals surface area contributed by atoms with Crippen molar-refractivity contribution in [2.45, 2.75) is 6.42 Å². The molecular formula is C11H14O5. The number of phenols is 1. The first-order valence-corrected chi connectivity index (χ1v) is 4.72. The van der Waals surface area contributed by atoms with Gasteiger partial charge in [0.15, 0.2) is 11.5 Å². The van der Waals surface area contributed by atoms with Crippen LogP contribution in [-0.4, -0.2) is 32.4 Å². The van der Waals surface area contributed by atoms with Gasteiger partial charge in [-0.25, -0.2) is 0 Å². The molecule has 1 N–H and O–H groups in total. The molecular weight excluding hydrogens is 212 g/mol. The summed E-state index contributed by atoms with van der Waals surface area (Å²) in [5.74, 6) is 0.631. The lowest BCUT2D eigenvalue weighted by Crippen LogP contribution is -1.98. The van der Waals surface area contributed by atoms with E-state index in [4.69, 9.17) is 9.47 Å². The number of methoxy groups -OCH3 is 2. The first-order valence-electron chi connectivity index (χ1n) is 4.72. The minimum atomic E-state index is -0.0370. The van der Waals surface area contributed by atoms with E-state index >= 15 is 0 Å². The average Bonchev–Trinajstić information content (AvgIpc) is 2.31. The van der Waals surface area contributed by atoms with Crippen molar-refractivity contribution < 1.29 is 24.1 Å². The van der Waals surface area contributed by atoms with E-state index in [1.165, 1.54) is 14.2 Å². The van der Waals surface area contributed by atoms with Crippen LogP contribution in [0.5, 0.6) is 17.2 Å². The summed E-state index contributed by atoms with van der Waals surface area (Å²) < 4.78 is 14.6.